The first-order valence-corrected chi connectivity index (χ1v) is 8.97. The summed E-state index contributed by atoms with van der Waals surface area (Å²) in [6, 6.07) is 7.39. The lowest BCUT2D eigenvalue weighted by Crippen LogP contribution is -2.15. The van der Waals surface area contributed by atoms with Crippen LogP contribution in [-0.4, -0.2) is 16.8 Å². The van der Waals surface area contributed by atoms with E-state index in [2.05, 4.69) is 15.6 Å². The third-order valence-corrected chi connectivity index (χ3v) is 4.81. The number of benzene rings is 1. The fourth-order valence-corrected chi connectivity index (χ4v) is 3.12. The summed E-state index contributed by atoms with van der Waals surface area (Å²) in [5, 5.41) is 7.79. The van der Waals surface area contributed by atoms with Crippen LogP contribution in [0.2, 0.25) is 0 Å². The SMILES string of the molecule is Cc1ccc(NC(=O)Cc2csc(NC(=O)c3ccoc3C)n2)cc1C. The number of anilines is 2. The third-order valence-electron chi connectivity index (χ3n) is 4.01. The molecule has 2 heterocycles. The number of thiazole rings is 1. The maximum atomic E-state index is 12.2. The molecular weight excluding hydrogens is 350 g/mol. The minimum absolute atomic E-state index is 0.143. The molecule has 6 nitrogen and oxygen atoms in total. The zero-order chi connectivity index (χ0) is 18.7. The molecule has 0 spiro atoms. The van der Waals surface area contributed by atoms with Crippen LogP contribution in [0.4, 0.5) is 10.8 Å². The number of carbonyl (C=O) groups excluding carboxylic acids is 2. The number of nitrogens with zero attached hydrogens (tertiary/aromatic N) is 1. The number of aryl methyl sites for hydroxylation is 3. The summed E-state index contributed by atoms with van der Waals surface area (Å²) in [5.41, 5.74) is 4.13. The van der Waals surface area contributed by atoms with Crippen LogP contribution in [-0.2, 0) is 11.2 Å². The summed E-state index contributed by atoms with van der Waals surface area (Å²) >= 11 is 1.28. The smallest absolute Gasteiger partial charge is 0.260 e. The van der Waals surface area contributed by atoms with Crippen molar-refractivity contribution >= 4 is 34.0 Å². The Labute approximate surface area is 155 Å². The van der Waals surface area contributed by atoms with Gasteiger partial charge in [0, 0.05) is 11.1 Å². The zero-order valence-corrected chi connectivity index (χ0v) is 15.6. The monoisotopic (exact) mass is 369 g/mol. The topological polar surface area (TPSA) is 84.2 Å². The van der Waals surface area contributed by atoms with Crippen molar-refractivity contribution in [1.82, 2.24) is 4.98 Å². The Morgan fingerprint density at radius 3 is 2.62 bits per heavy atom. The van der Waals surface area contributed by atoms with Crippen LogP contribution in [0, 0.1) is 20.8 Å². The normalized spacial score (nSPS) is 10.6. The molecule has 2 amide bonds. The van der Waals surface area contributed by atoms with Crippen LogP contribution in [0.1, 0.15) is 32.9 Å². The van der Waals surface area contributed by atoms with Crippen molar-refractivity contribution in [2.24, 2.45) is 0 Å². The van der Waals surface area contributed by atoms with Crippen LogP contribution in [0.15, 0.2) is 40.3 Å². The molecule has 0 saturated carbocycles. The minimum atomic E-state index is -0.281. The van der Waals surface area contributed by atoms with Crippen LogP contribution in [0.5, 0.6) is 0 Å². The quantitative estimate of drug-likeness (QED) is 0.709. The van der Waals surface area contributed by atoms with E-state index in [4.69, 9.17) is 4.42 Å². The molecule has 0 aliphatic rings. The maximum Gasteiger partial charge on any atom is 0.260 e. The fourth-order valence-electron chi connectivity index (χ4n) is 2.42. The Bertz CT molecular complexity index is 959. The first-order chi connectivity index (χ1) is 12.4. The molecular formula is C19H19N3O3S. The summed E-state index contributed by atoms with van der Waals surface area (Å²) in [7, 11) is 0. The summed E-state index contributed by atoms with van der Waals surface area (Å²) in [4.78, 5) is 28.6. The molecule has 0 bridgehead atoms. The Hall–Kier alpha value is -2.93. The highest BCUT2D eigenvalue weighted by Gasteiger charge is 2.14. The number of hydrogen-bond donors (Lipinski definition) is 2. The molecule has 0 aliphatic carbocycles. The number of rotatable bonds is 5. The van der Waals surface area contributed by atoms with E-state index in [9.17, 15) is 9.59 Å². The second-order valence-electron chi connectivity index (χ2n) is 6.01. The summed E-state index contributed by atoms with van der Waals surface area (Å²) in [5.74, 6) is 0.117. The van der Waals surface area contributed by atoms with Gasteiger partial charge in [-0.1, -0.05) is 6.07 Å². The molecule has 7 heteroatoms. The molecule has 134 valence electrons. The number of nitrogens with one attached hydrogen (secondary N) is 2. The van der Waals surface area contributed by atoms with Gasteiger partial charge in [0.05, 0.1) is 23.9 Å². The number of aromatic nitrogens is 1. The van der Waals surface area contributed by atoms with Crippen molar-refractivity contribution in [3.63, 3.8) is 0 Å². The highest BCUT2D eigenvalue weighted by Crippen LogP contribution is 2.19. The highest BCUT2D eigenvalue weighted by molar-refractivity contribution is 7.14. The van der Waals surface area contributed by atoms with Gasteiger partial charge in [0.2, 0.25) is 5.91 Å². The summed E-state index contributed by atoms with van der Waals surface area (Å²) in [6.45, 7) is 5.75. The molecule has 0 radical (unpaired) electrons. The molecule has 0 aliphatic heterocycles. The van der Waals surface area contributed by atoms with Crippen LogP contribution in [0.25, 0.3) is 0 Å². The van der Waals surface area contributed by atoms with Gasteiger partial charge in [0.25, 0.3) is 5.91 Å². The summed E-state index contributed by atoms with van der Waals surface area (Å²) < 4.78 is 5.12. The van der Waals surface area contributed by atoms with Crippen LogP contribution >= 0.6 is 11.3 Å². The molecule has 3 aromatic rings. The minimum Gasteiger partial charge on any atom is -0.469 e. The van der Waals surface area contributed by atoms with Crippen molar-refractivity contribution in [2.75, 3.05) is 10.6 Å². The van der Waals surface area contributed by atoms with Crippen molar-refractivity contribution in [3.05, 3.63) is 64.1 Å². The average Bonchev–Trinajstić information content (AvgIpc) is 3.20. The first kappa shape index (κ1) is 17.9. The number of furan rings is 1. The van der Waals surface area contributed by atoms with Crippen molar-refractivity contribution in [1.29, 1.82) is 0 Å². The van der Waals surface area contributed by atoms with Gasteiger partial charge in [0.1, 0.15) is 5.76 Å². The number of amides is 2. The Balaban J connectivity index is 1.59. The third kappa shape index (κ3) is 4.18. The second kappa shape index (κ2) is 7.53. The standard InChI is InChI=1S/C19H19N3O3S/c1-11-4-5-14(8-12(11)2)20-17(23)9-15-10-26-19(21-15)22-18(24)16-6-7-25-13(16)3/h4-8,10H,9H2,1-3H3,(H,20,23)(H,21,22,24). The molecule has 0 atom stereocenters. The predicted octanol–water partition coefficient (Wildman–Crippen LogP) is 4.09. The molecule has 26 heavy (non-hydrogen) atoms. The molecule has 1 aromatic carbocycles. The molecule has 0 saturated heterocycles. The number of carbonyl (C=O) groups is 2. The van der Waals surface area contributed by atoms with E-state index in [1.165, 1.54) is 23.2 Å². The Morgan fingerprint density at radius 1 is 1.12 bits per heavy atom. The van der Waals surface area contributed by atoms with Gasteiger partial charge in [-0.2, -0.15) is 0 Å². The highest BCUT2D eigenvalue weighted by atomic mass is 32.1. The van der Waals surface area contributed by atoms with E-state index in [1.807, 2.05) is 32.0 Å². The number of hydrogen-bond acceptors (Lipinski definition) is 5. The van der Waals surface area contributed by atoms with Gasteiger partial charge in [-0.05, 0) is 50.1 Å². The first-order valence-electron chi connectivity index (χ1n) is 8.09. The second-order valence-corrected chi connectivity index (χ2v) is 6.87. The fraction of sp³-hybridized carbons (Fsp3) is 0.211. The van der Waals surface area contributed by atoms with Gasteiger partial charge >= 0.3 is 0 Å². The van der Waals surface area contributed by atoms with Gasteiger partial charge in [-0.25, -0.2) is 4.98 Å². The van der Waals surface area contributed by atoms with E-state index in [0.29, 0.717) is 22.1 Å². The van der Waals surface area contributed by atoms with Crippen molar-refractivity contribution in [2.45, 2.75) is 27.2 Å². The van der Waals surface area contributed by atoms with Crippen LogP contribution in [0.3, 0.4) is 0 Å². The zero-order valence-electron chi connectivity index (χ0n) is 14.8. The van der Waals surface area contributed by atoms with E-state index in [-0.39, 0.29) is 18.2 Å². The maximum absolute atomic E-state index is 12.2. The molecule has 2 N–H and O–H groups in total. The molecule has 0 unspecified atom stereocenters. The lowest BCUT2D eigenvalue weighted by atomic mass is 10.1. The Morgan fingerprint density at radius 2 is 1.92 bits per heavy atom. The summed E-state index contributed by atoms with van der Waals surface area (Å²) in [6.07, 6.45) is 1.61. The van der Waals surface area contributed by atoms with Crippen molar-refractivity contribution in [3.8, 4) is 0 Å². The molecule has 2 aromatic heterocycles. The van der Waals surface area contributed by atoms with E-state index in [0.717, 1.165) is 11.3 Å². The van der Waals surface area contributed by atoms with Gasteiger partial charge < -0.3 is 9.73 Å². The van der Waals surface area contributed by atoms with Crippen LogP contribution < -0.4 is 10.6 Å². The average molecular weight is 369 g/mol. The van der Waals surface area contributed by atoms with Gasteiger partial charge in [-0.15, -0.1) is 11.3 Å². The predicted molar refractivity (Wildman–Crippen MR) is 102 cm³/mol. The largest absolute Gasteiger partial charge is 0.469 e. The lowest BCUT2D eigenvalue weighted by Gasteiger charge is -2.06. The van der Waals surface area contributed by atoms with E-state index < -0.39 is 0 Å². The van der Waals surface area contributed by atoms with Crippen molar-refractivity contribution < 1.29 is 14.0 Å². The van der Waals surface area contributed by atoms with E-state index in [1.54, 1.807) is 18.4 Å². The molecule has 0 fully saturated rings. The van der Waals surface area contributed by atoms with E-state index >= 15 is 0 Å². The molecule has 3 rings (SSSR count). The van der Waals surface area contributed by atoms with Gasteiger partial charge in [-0.3, -0.25) is 14.9 Å². The lowest BCUT2D eigenvalue weighted by molar-refractivity contribution is -0.115. The van der Waals surface area contributed by atoms with Gasteiger partial charge in [0.15, 0.2) is 5.13 Å². The Kier molecular flexibility index (Phi) is 5.18.